The fourth-order valence-corrected chi connectivity index (χ4v) is 4.21. The summed E-state index contributed by atoms with van der Waals surface area (Å²) in [6.07, 6.45) is 0.914. The quantitative estimate of drug-likeness (QED) is 0.307. The Labute approximate surface area is 200 Å². The van der Waals surface area contributed by atoms with Gasteiger partial charge in [0, 0.05) is 42.2 Å². The molecule has 1 fully saturated rings. The highest BCUT2D eigenvalue weighted by Gasteiger charge is 2.39. The van der Waals surface area contributed by atoms with Crippen LogP contribution in [0.5, 0.6) is 5.75 Å². The number of carbonyl (C=O) groups is 1. The highest BCUT2D eigenvalue weighted by Crippen LogP contribution is 2.34. The molecule has 0 aliphatic carbocycles. The van der Waals surface area contributed by atoms with Crippen molar-refractivity contribution in [3.63, 3.8) is 0 Å². The molecule has 0 spiro atoms. The number of anilines is 1. The van der Waals surface area contributed by atoms with Crippen LogP contribution >= 0.6 is 0 Å². The number of hydrogen-bond donors (Lipinski definition) is 1. The number of non-ortho nitro benzene ring substituents is 1. The molecule has 1 aromatic heterocycles. The third-order valence-corrected chi connectivity index (χ3v) is 6.09. The van der Waals surface area contributed by atoms with Crippen molar-refractivity contribution in [3.05, 3.63) is 74.1 Å². The van der Waals surface area contributed by atoms with E-state index in [-0.39, 0.29) is 23.0 Å². The molecule has 2 heterocycles. The molecule has 184 valence electrons. The second kappa shape index (κ2) is 9.47. The molecule has 2 aromatic carbocycles. The van der Waals surface area contributed by atoms with Crippen molar-refractivity contribution in [1.29, 1.82) is 0 Å². The number of aryl methyl sites for hydroxylation is 1. The highest BCUT2D eigenvalue weighted by molar-refractivity contribution is 6.05. The maximum absolute atomic E-state index is 12.6. The van der Waals surface area contributed by atoms with Crippen LogP contribution in [0.3, 0.4) is 0 Å². The Morgan fingerprint density at radius 2 is 1.97 bits per heavy atom. The Hall–Kier alpha value is -3.76. The molecule has 1 saturated heterocycles. The summed E-state index contributed by atoms with van der Waals surface area (Å²) >= 11 is 0. The third kappa shape index (κ3) is 5.03. The van der Waals surface area contributed by atoms with Crippen molar-refractivity contribution >= 4 is 28.3 Å². The summed E-state index contributed by atoms with van der Waals surface area (Å²) in [6.45, 7) is 5.67. The number of fused-ring (bicyclic) bond motifs is 1. The van der Waals surface area contributed by atoms with Crippen molar-refractivity contribution in [2.45, 2.75) is 51.6 Å². The van der Waals surface area contributed by atoms with Gasteiger partial charge in [0.15, 0.2) is 0 Å². The fraction of sp³-hybridized carbons (Fsp3) is 0.360. The van der Waals surface area contributed by atoms with E-state index in [9.17, 15) is 19.7 Å². The van der Waals surface area contributed by atoms with E-state index in [4.69, 9.17) is 18.6 Å². The normalized spacial score (nSPS) is 19.3. The molecule has 1 N–H and O–H groups in total. The number of methoxy groups -OCH3 is 1. The summed E-state index contributed by atoms with van der Waals surface area (Å²) in [4.78, 5) is 35.5. The number of nitro benzene ring substituents is 1. The average molecular weight is 482 g/mol. The van der Waals surface area contributed by atoms with Crippen LogP contribution in [0, 0.1) is 17.0 Å². The van der Waals surface area contributed by atoms with Gasteiger partial charge in [0.2, 0.25) is 6.29 Å². The number of benzene rings is 2. The molecule has 0 radical (unpaired) electrons. The first-order valence-corrected chi connectivity index (χ1v) is 11.1. The van der Waals surface area contributed by atoms with E-state index in [2.05, 4.69) is 5.32 Å². The molecule has 0 bridgehead atoms. The predicted molar refractivity (Wildman–Crippen MR) is 128 cm³/mol. The minimum Gasteiger partial charge on any atom is -0.465 e. The number of hydrogen-bond acceptors (Lipinski definition) is 8. The maximum atomic E-state index is 12.6. The van der Waals surface area contributed by atoms with E-state index in [1.807, 2.05) is 13.8 Å². The molecular formula is C25H26N2O8. The van der Waals surface area contributed by atoms with E-state index in [0.717, 1.165) is 12.5 Å². The van der Waals surface area contributed by atoms with E-state index < -0.39 is 28.3 Å². The molecule has 2 unspecified atom stereocenters. The van der Waals surface area contributed by atoms with Crippen LogP contribution in [-0.2, 0) is 9.47 Å². The summed E-state index contributed by atoms with van der Waals surface area (Å²) in [5.41, 5.74) is -0.586. The summed E-state index contributed by atoms with van der Waals surface area (Å²) in [5.74, 6) is -0.144. The molecular weight excluding hydrogens is 456 g/mol. The minimum atomic E-state index is -0.755. The smallest absolute Gasteiger partial charge is 0.360 e. The van der Waals surface area contributed by atoms with Crippen molar-refractivity contribution < 1.29 is 28.3 Å². The number of nitrogens with zero attached hydrogens (tertiary/aromatic N) is 1. The summed E-state index contributed by atoms with van der Waals surface area (Å²) in [7, 11) is 1.66. The van der Waals surface area contributed by atoms with Gasteiger partial charge >= 0.3 is 5.63 Å². The number of amides is 1. The topological polar surface area (TPSA) is 130 Å². The van der Waals surface area contributed by atoms with Crippen LogP contribution in [0.2, 0.25) is 0 Å². The number of nitro groups is 1. The summed E-state index contributed by atoms with van der Waals surface area (Å²) < 4.78 is 23.2. The van der Waals surface area contributed by atoms with E-state index in [0.29, 0.717) is 28.7 Å². The Balaban J connectivity index is 1.56. The fourth-order valence-electron chi connectivity index (χ4n) is 4.21. The van der Waals surface area contributed by atoms with E-state index >= 15 is 0 Å². The highest BCUT2D eigenvalue weighted by atomic mass is 16.7. The van der Waals surface area contributed by atoms with Gasteiger partial charge in [0.05, 0.1) is 16.6 Å². The monoisotopic (exact) mass is 482 g/mol. The summed E-state index contributed by atoms with van der Waals surface area (Å²) in [6, 6.07) is 10.2. The standard InChI is InChI=1S/C25H26N2O8/c1-14-19(33-21-11-10-20(32-4)25(2,3)35-21)9-8-15-13-18(24(29)34-22(14)15)26-23(28)16-6-5-7-17(12-16)27(30)31/h5-9,12-13,20-21H,10-11H2,1-4H3,(H,26,28). The Morgan fingerprint density at radius 1 is 1.20 bits per heavy atom. The molecule has 0 saturated carbocycles. The van der Waals surface area contributed by atoms with Gasteiger partial charge in [-0.25, -0.2) is 4.79 Å². The largest absolute Gasteiger partial charge is 0.465 e. The lowest BCUT2D eigenvalue weighted by Gasteiger charge is -2.41. The summed E-state index contributed by atoms with van der Waals surface area (Å²) in [5, 5.41) is 14.0. The molecule has 1 aliphatic rings. The van der Waals surface area contributed by atoms with Crippen molar-refractivity contribution in [2.75, 3.05) is 12.4 Å². The zero-order valence-electron chi connectivity index (χ0n) is 19.8. The minimum absolute atomic E-state index is 0.0336. The third-order valence-electron chi connectivity index (χ3n) is 6.09. The Kier molecular flexibility index (Phi) is 6.60. The van der Waals surface area contributed by atoms with Gasteiger partial charge in [-0.05, 0) is 51.5 Å². The molecule has 2 atom stereocenters. The van der Waals surface area contributed by atoms with Gasteiger partial charge in [-0.1, -0.05) is 6.07 Å². The molecule has 1 aliphatic heterocycles. The maximum Gasteiger partial charge on any atom is 0.360 e. The number of rotatable bonds is 6. The number of ether oxygens (including phenoxy) is 3. The van der Waals surface area contributed by atoms with Crippen LogP contribution in [0.25, 0.3) is 11.0 Å². The molecule has 35 heavy (non-hydrogen) atoms. The van der Waals surface area contributed by atoms with Crippen LogP contribution in [0.15, 0.2) is 51.7 Å². The predicted octanol–water partition coefficient (Wildman–Crippen LogP) is 4.57. The second-order valence-electron chi connectivity index (χ2n) is 8.89. The van der Waals surface area contributed by atoms with E-state index in [1.165, 1.54) is 24.3 Å². The van der Waals surface area contributed by atoms with Crippen molar-refractivity contribution in [1.82, 2.24) is 0 Å². The Bertz CT molecular complexity index is 1350. The van der Waals surface area contributed by atoms with Crippen LogP contribution in [0.4, 0.5) is 11.4 Å². The molecule has 4 rings (SSSR count). The van der Waals surface area contributed by atoms with Gasteiger partial charge in [-0.2, -0.15) is 0 Å². The van der Waals surface area contributed by atoms with Gasteiger partial charge in [0.1, 0.15) is 17.0 Å². The van der Waals surface area contributed by atoms with Crippen molar-refractivity contribution in [2.24, 2.45) is 0 Å². The number of nitrogens with one attached hydrogen (secondary N) is 1. The van der Waals surface area contributed by atoms with Gasteiger partial charge in [-0.3, -0.25) is 14.9 Å². The molecule has 3 aromatic rings. The second-order valence-corrected chi connectivity index (χ2v) is 8.89. The van der Waals surface area contributed by atoms with Gasteiger partial charge in [0.25, 0.3) is 11.6 Å². The van der Waals surface area contributed by atoms with Gasteiger partial charge < -0.3 is 23.9 Å². The lowest BCUT2D eigenvalue weighted by molar-refractivity contribution is -0.384. The SMILES string of the molecule is COC1CCC(Oc2ccc3cc(NC(=O)c4cccc([N+](=O)[O-])c4)c(=O)oc3c2C)OC1(C)C. The lowest BCUT2D eigenvalue weighted by atomic mass is 9.94. The Morgan fingerprint density at radius 3 is 2.66 bits per heavy atom. The average Bonchev–Trinajstić information content (AvgIpc) is 2.81. The first kappa shape index (κ1) is 24.4. The zero-order chi connectivity index (χ0) is 25.3. The molecule has 10 nitrogen and oxygen atoms in total. The first-order chi connectivity index (χ1) is 16.6. The van der Waals surface area contributed by atoms with E-state index in [1.54, 1.807) is 26.2 Å². The van der Waals surface area contributed by atoms with Gasteiger partial charge in [-0.15, -0.1) is 0 Å². The lowest BCUT2D eigenvalue weighted by Crippen LogP contribution is -2.49. The number of carbonyl (C=O) groups excluding carboxylic acids is 1. The zero-order valence-corrected chi connectivity index (χ0v) is 19.8. The molecule has 1 amide bonds. The van der Waals surface area contributed by atoms with Crippen LogP contribution in [-0.4, -0.2) is 35.9 Å². The van der Waals surface area contributed by atoms with Crippen LogP contribution < -0.4 is 15.7 Å². The van der Waals surface area contributed by atoms with Crippen molar-refractivity contribution in [3.8, 4) is 5.75 Å². The first-order valence-electron chi connectivity index (χ1n) is 11.1. The molecule has 10 heteroatoms. The van der Waals surface area contributed by atoms with Crippen LogP contribution in [0.1, 0.15) is 42.6 Å².